The zero-order valence-corrected chi connectivity index (χ0v) is 19.9. The Morgan fingerprint density at radius 3 is 1.66 bits per heavy atom. The number of aromatic hydroxyl groups is 1. The molecule has 0 aliphatic carbocycles. The Morgan fingerprint density at radius 1 is 0.966 bits per heavy atom. The summed E-state index contributed by atoms with van der Waals surface area (Å²) in [6.45, 7) is 21.4. The summed E-state index contributed by atoms with van der Waals surface area (Å²) in [6.07, 6.45) is 0.475. The van der Waals surface area contributed by atoms with Crippen LogP contribution in [0.5, 0.6) is 5.75 Å². The maximum Gasteiger partial charge on any atom is 0.404 e. The van der Waals surface area contributed by atoms with Gasteiger partial charge in [0.1, 0.15) is 5.75 Å². The molecule has 1 heterocycles. The quantitative estimate of drug-likeness (QED) is 0.584. The summed E-state index contributed by atoms with van der Waals surface area (Å²) >= 11 is 0. The number of nitrogens with zero attached hydrogens (tertiary/aromatic N) is 1. The second kappa shape index (κ2) is 7.10. The number of piperidine rings is 1. The predicted octanol–water partition coefficient (Wildman–Crippen LogP) is 5.78. The Morgan fingerprint density at radius 2 is 1.34 bits per heavy atom. The van der Waals surface area contributed by atoms with Gasteiger partial charge in [0.15, 0.2) is 0 Å². The molecule has 1 aromatic carbocycles. The Hall–Kier alpha value is -1.91. The molecule has 3 N–H and O–H groups in total. The van der Waals surface area contributed by atoms with E-state index in [1.807, 2.05) is 0 Å². The molecular formula is C24H40N2O3. The van der Waals surface area contributed by atoms with Crippen molar-refractivity contribution in [3.63, 3.8) is 0 Å². The number of nitrogens with one attached hydrogen (secondary N) is 1. The van der Waals surface area contributed by atoms with Gasteiger partial charge in [-0.25, -0.2) is 4.79 Å². The van der Waals surface area contributed by atoms with Gasteiger partial charge in [-0.05, 0) is 63.5 Å². The molecule has 1 saturated heterocycles. The zero-order chi connectivity index (χ0) is 22.6. The zero-order valence-electron chi connectivity index (χ0n) is 19.9. The summed E-state index contributed by atoms with van der Waals surface area (Å²) in [7, 11) is 0. The van der Waals surface area contributed by atoms with Crippen molar-refractivity contribution >= 4 is 11.8 Å². The second-order valence-corrected chi connectivity index (χ2v) is 11.9. The summed E-state index contributed by atoms with van der Waals surface area (Å²) in [5.74, 6) is 0.381. The number of rotatable bonds is 2. The SMILES string of the molecule is CC(C)(C)c1cc(N2C(C)(C)CC(NC(=O)O)CC2(C)C)cc(C(C)(C)C)c1O. The third kappa shape index (κ3) is 4.81. The lowest BCUT2D eigenvalue weighted by Gasteiger charge is -2.57. The molecule has 29 heavy (non-hydrogen) atoms. The Bertz CT molecular complexity index is 729. The predicted molar refractivity (Wildman–Crippen MR) is 120 cm³/mol. The van der Waals surface area contributed by atoms with Crippen LogP contribution >= 0.6 is 0 Å². The molecule has 0 bridgehead atoms. The molecule has 1 amide bonds. The standard InChI is InChI=1S/C24H40N2O3/c1-21(2,3)17-11-16(12-18(19(17)27)22(4,5)6)26-23(7,8)13-15(25-20(28)29)14-24(26,9)10/h11-12,15,25,27H,13-14H2,1-10H3,(H,28,29). The van der Waals surface area contributed by atoms with Gasteiger partial charge < -0.3 is 20.4 Å². The first kappa shape index (κ1) is 23.4. The van der Waals surface area contributed by atoms with Gasteiger partial charge in [-0.2, -0.15) is 0 Å². The van der Waals surface area contributed by atoms with Crippen LogP contribution in [0, 0.1) is 0 Å². The van der Waals surface area contributed by atoms with Gasteiger partial charge in [0.25, 0.3) is 0 Å². The van der Waals surface area contributed by atoms with Gasteiger partial charge in [-0.15, -0.1) is 0 Å². The third-order valence-electron chi connectivity index (χ3n) is 6.00. The number of phenols is 1. The van der Waals surface area contributed by atoms with E-state index < -0.39 is 6.09 Å². The van der Waals surface area contributed by atoms with Crippen LogP contribution < -0.4 is 10.2 Å². The highest BCUT2D eigenvalue weighted by Gasteiger charge is 2.46. The van der Waals surface area contributed by atoms with Crippen LogP contribution in [0.15, 0.2) is 12.1 Å². The molecule has 5 nitrogen and oxygen atoms in total. The van der Waals surface area contributed by atoms with Gasteiger partial charge in [0.2, 0.25) is 0 Å². The second-order valence-electron chi connectivity index (χ2n) is 11.9. The number of carbonyl (C=O) groups is 1. The maximum absolute atomic E-state index is 11.2. The van der Waals surface area contributed by atoms with Gasteiger partial charge in [0.05, 0.1) is 0 Å². The molecule has 0 unspecified atom stereocenters. The van der Waals surface area contributed by atoms with E-state index in [0.29, 0.717) is 5.75 Å². The van der Waals surface area contributed by atoms with Crippen molar-refractivity contribution in [2.24, 2.45) is 0 Å². The van der Waals surface area contributed by atoms with Gasteiger partial charge in [-0.3, -0.25) is 0 Å². The molecule has 164 valence electrons. The first-order valence-electron chi connectivity index (χ1n) is 10.5. The fourth-order valence-corrected chi connectivity index (χ4v) is 5.15. The van der Waals surface area contributed by atoms with Crippen LogP contribution in [0.4, 0.5) is 10.5 Å². The first-order valence-corrected chi connectivity index (χ1v) is 10.5. The van der Waals surface area contributed by atoms with E-state index >= 15 is 0 Å². The average molecular weight is 405 g/mol. The number of hydrogen-bond donors (Lipinski definition) is 3. The Labute approximate surface area is 176 Å². The van der Waals surface area contributed by atoms with Crippen LogP contribution in [0.1, 0.15) is 93.2 Å². The average Bonchev–Trinajstić information content (AvgIpc) is 2.42. The highest BCUT2D eigenvalue weighted by atomic mass is 16.4. The first-order chi connectivity index (χ1) is 12.9. The van der Waals surface area contributed by atoms with E-state index in [1.165, 1.54) is 0 Å². The van der Waals surface area contributed by atoms with Crippen LogP contribution in [-0.4, -0.2) is 33.4 Å². The Balaban J connectivity index is 2.67. The summed E-state index contributed by atoms with van der Waals surface area (Å²) in [6, 6.07) is 4.16. The molecule has 0 aromatic heterocycles. The maximum atomic E-state index is 11.2. The number of benzene rings is 1. The molecule has 0 spiro atoms. The van der Waals surface area contributed by atoms with Crippen molar-refractivity contribution in [1.82, 2.24) is 5.32 Å². The minimum atomic E-state index is -0.968. The van der Waals surface area contributed by atoms with Crippen molar-refractivity contribution in [2.45, 2.75) is 110 Å². The lowest BCUT2D eigenvalue weighted by atomic mass is 9.74. The summed E-state index contributed by atoms with van der Waals surface area (Å²) in [5.41, 5.74) is 2.07. The minimum Gasteiger partial charge on any atom is -0.507 e. The fraction of sp³-hybridized carbons (Fsp3) is 0.708. The van der Waals surface area contributed by atoms with Crippen LogP contribution in [0.2, 0.25) is 0 Å². The molecule has 1 aliphatic rings. The summed E-state index contributed by atoms with van der Waals surface area (Å²) < 4.78 is 0. The van der Waals surface area contributed by atoms with Crippen molar-refractivity contribution in [1.29, 1.82) is 0 Å². The smallest absolute Gasteiger partial charge is 0.404 e. The summed E-state index contributed by atoms with van der Waals surface area (Å²) in [5, 5.41) is 23.0. The third-order valence-corrected chi connectivity index (χ3v) is 6.00. The van der Waals surface area contributed by atoms with E-state index in [9.17, 15) is 15.0 Å². The highest BCUT2D eigenvalue weighted by Crippen LogP contribution is 2.47. The normalized spacial score (nSPS) is 19.9. The molecule has 0 atom stereocenters. The summed E-state index contributed by atoms with van der Waals surface area (Å²) in [4.78, 5) is 13.7. The van der Waals surface area contributed by atoms with Crippen molar-refractivity contribution < 1.29 is 15.0 Å². The molecular weight excluding hydrogens is 364 g/mol. The number of anilines is 1. The molecule has 0 radical (unpaired) electrons. The lowest BCUT2D eigenvalue weighted by molar-refractivity contribution is 0.164. The lowest BCUT2D eigenvalue weighted by Crippen LogP contribution is -2.64. The highest BCUT2D eigenvalue weighted by molar-refractivity contribution is 5.66. The molecule has 2 rings (SSSR count). The van der Waals surface area contributed by atoms with Gasteiger partial charge >= 0.3 is 6.09 Å². The minimum absolute atomic E-state index is 0.0879. The van der Waals surface area contributed by atoms with Crippen LogP contribution in [0.25, 0.3) is 0 Å². The number of phenolic OH excluding ortho intramolecular Hbond substituents is 1. The molecule has 5 heteroatoms. The van der Waals surface area contributed by atoms with E-state index in [4.69, 9.17) is 0 Å². The monoisotopic (exact) mass is 404 g/mol. The largest absolute Gasteiger partial charge is 0.507 e. The van der Waals surface area contributed by atoms with E-state index in [-0.39, 0.29) is 27.9 Å². The number of hydrogen-bond acceptors (Lipinski definition) is 3. The van der Waals surface area contributed by atoms with Gasteiger partial charge in [-0.1, -0.05) is 41.5 Å². The molecule has 1 aromatic rings. The van der Waals surface area contributed by atoms with Crippen molar-refractivity contribution in [2.75, 3.05) is 4.90 Å². The van der Waals surface area contributed by atoms with E-state index in [1.54, 1.807) is 0 Å². The Kier molecular flexibility index (Phi) is 5.72. The van der Waals surface area contributed by atoms with Crippen molar-refractivity contribution in [3.8, 4) is 5.75 Å². The topological polar surface area (TPSA) is 72.8 Å². The van der Waals surface area contributed by atoms with E-state index in [2.05, 4.69) is 91.6 Å². The van der Waals surface area contributed by atoms with Gasteiger partial charge in [0, 0.05) is 33.9 Å². The fourth-order valence-electron chi connectivity index (χ4n) is 5.15. The number of carboxylic acid groups (broad SMARTS) is 1. The van der Waals surface area contributed by atoms with Crippen LogP contribution in [-0.2, 0) is 10.8 Å². The number of amides is 1. The molecule has 1 aliphatic heterocycles. The van der Waals surface area contributed by atoms with E-state index in [0.717, 1.165) is 29.7 Å². The molecule has 0 saturated carbocycles. The van der Waals surface area contributed by atoms with Crippen LogP contribution in [0.3, 0.4) is 0 Å². The molecule has 1 fully saturated rings. The van der Waals surface area contributed by atoms with Crippen molar-refractivity contribution in [3.05, 3.63) is 23.3 Å².